The number of nitrogens with one attached hydrogen (secondary N) is 2. The average molecular weight is 370 g/mol. The minimum Gasteiger partial charge on any atom is -0.497 e. The van der Waals surface area contributed by atoms with Crippen LogP contribution in [-0.4, -0.2) is 36.8 Å². The first-order valence-electron chi connectivity index (χ1n) is 8.33. The second kappa shape index (κ2) is 9.98. The minimum absolute atomic E-state index is 0.226. The molecule has 7 nitrogen and oxygen atoms in total. The number of carbonyl (C=O) groups is 2. The average Bonchev–Trinajstić information content (AvgIpc) is 2.71. The quantitative estimate of drug-likeness (QED) is 0.377. The molecule has 2 rings (SSSR count). The Labute approximate surface area is 157 Å². The second-order valence-electron chi connectivity index (χ2n) is 5.75. The molecule has 0 spiro atoms. The third kappa shape index (κ3) is 6.48. The highest BCUT2D eigenvalue weighted by Crippen LogP contribution is 2.14. The van der Waals surface area contributed by atoms with E-state index in [9.17, 15) is 9.59 Å². The van der Waals surface area contributed by atoms with Crippen molar-refractivity contribution in [1.29, 1.82) is 0 Å². The van der Waals surface area contributed by atoms with Gasteiger partial charge in [-0.25, -0.2) is 5.48 Å². The van der Waals surface area contributed by atoms with E-state index in [2.05, 4.69) is 5.32 Å². The molecule has 0 radical (unpaired) electrons. The van der Waals surface area contributed by atoms with Gasteiger partial charge in [0.25, 0.3) is 5.91 Å². The van der Waals surface area contributed by atoms with Crippen LogP contribution in [0.25, 0.3) is 6.08 Å². The minimum atomic E-state index is -0.592. The number of ether oxygens (including phenoxy) is 2. The zero-order valence-corrected chi connectivity index (χ0v) is 15.1. The fourth-order valence-corrected chi connectivity index (χ4v) is 2.21. The van der Waals surface area contributed by atoms with Crippen molar-refractivity contribution in [2.24, 2.45) is 0 Å². The molecular weight excluding hydrogens is 348 g/mol. The van der Waals surface area contributed by atoms with E-state index in [0.29, 0.717) is 17.9 Å². The largest absolute Gasteiger partial charge is 0.497 e. The Hall–Kier alpha value is -3.32. The van der Waals surface area contributed by atoms with Crippen LogP contribution < -0.4 is 20.3 Å². The molecule has 0 saturated carbocycles. The highest BCUT2D eigenvalue weighted by molar-refractivity contribution is 5.93. The van der Waals surface area contributed by atoms with Gasteiger partial charge in [-0.2, -0.15) is 0 Å². The molecule has 27 heavy (non-hydrogen) atoms. The van der Waals surface area contributed by atoms with E-state index < -0.39 is 5.91 Å². The van der Waals surface area contributed by atoms with Crippen molar-refractivity contribution in [3.8, 4) is 11.5 Å². The summed E-state index contributed by atoms with van der Waals surface area (Å²) in [6.07, 6.45) is 2.91. The lowest BCUT2D eigenvalue weighted by molar-refractivity contribution is -0.116. The molecule has 0 heterocycles. The van der Waals surface area contributed by atoms with Crippen LogP contribution in [0.4, 0.5) is 0 Å². The van der Waals surface area contributed by atoms with E-state index in [0.717, 1.165) is 11.3 Å². The Morgan fingerprint density at radius 3 is 2.30 bits per heavy atom. The summed E-state index contributed by atoms with van der Waals surface area (Å²) in [6.45, 7) is 2.15. The smallest absolute Gasteiger partial charge is 0.274 e. The lowest BCUT2D eigenvalue weighted by Crippen LogP contribution is -2.32. The molecule has 0 saturated heterocycles. The zero-order chi connectivity index (χ0) is 19.6. The van der Waals surface area contributed by atoms with Gasteiger partial charge < -0.3 is 14.8 Å². The molecule has 0 aliphatic heterocycles. The number of hydroxylamine groups is 1. The van der Waals surface area contributed by atoms with Crippen molar-refractivity contribution in [3.05, 3.63) is 65.7 Å². The monoisotopic (exact) mass is 370 g/mol. The van der Waals surface area contributed by atoms with E-state index >= 15 is 0 Å². The number of carbonyl (C=O) groups excluding carboxylic acids is 2. The first-order valence-corrected chi connectivity index (χ1v) is 8.33. The van der Waals surface area contributed by atoms with Crippen LogP contribution in [0.1, 0.15) is 22.8 Å². The summed E-state index contributed by atoms with van der Waals surface area (Å²) < 4.78 is 10.8. The molecule has 0 bridgehead atoms. The molecule has 7 heteroatoms. The highest BCUT2D eigenvalue weighted by atomic mass is 16.5. The number of methoxy groups -OCH3 is 1. The molecule has 0 aliphatic carbocycles. The SMILES string of the molecule is COc1ccc(C=CC(=O)NC[C@@H](C)Oc2ccc(C(=O)NO)cc2)cc1. The van der Waals surface area contributed by atoms with Crippen LogP contribution in [0.3, 0.4) is 0 Å². The van der Waals surface area contributed by atoms with E-state index in [1.165, 1.54) is 18.2 Å². The molecule has 2 amide bonds. The second-order valence-corrected chi connectivity index (χ2v) is 5.75. The summed E-state index contributed by atoms with van der Waals surface area (Å²) in [5, 5.41) is 11.3. The van der Waals surface area contributed by atoms with Crippen molar-refractivity contribution in [1.82, 2.24) is 10.8 Å². The molecular formula is C20H22N2O5. The summed E-state index contributed by atoms with van der Waals surface area (Å²) in [7, 11) is 1.60. The van der Waals surface area contributed by atoms with Crippen LogP contribution in [-0.2, 0) is 4.79 Å². The van der Waals surface area contributed by atoms with Gasteiger partial charge >= 0.3 is 0 Å². The van der Waals surface area contributed by atoms with Gasteiger partial charge in [0.1, 0.15) is 17.6 Å². The fraction of sp³-hybridized carbons (Fsp3) is 0.200. The van der Waals surface area contributed by atoms with E-state index in [1.807, 2.05) is 31.2 Å². The summed E-state index contributed by atoms with van der Waals surface area (Å²) in [5.74, 6) is 0.495. The number of amides is 2. The summed E-state index contributed by atoms with van der Waals surface area (Å²) >= 11 is 0. The van der Waals surface area contributed by atoms with E-state index in [1.54, 1.807) is 30.8 Å². The molecule has 3 N–H and O–H groups in total. The van der Waals surface area contributed by atoms with Gasteiger partial charge in [-0.3, -0.25) is 14.8 Å². The summed E-state index contributed by atoms with van der Waals surface area (Å²) in [4.78, 5) is 23.2. The van der Waals surface area contributed by atoms with Gasteiger partial charge in [0, 0.05) is 11.6 Å². The Balaban J connectivity index is 1.78. The van der Waals surface area contributed by atoms with Crippen LogP contribution >= 0.6 is 0 Å². The molecule has 0 unspecified atom stereocenters. The number of rotatable bonds is 8. The first kappa shape index (κ1) is 20.0. The normalized spacial score (nSPS) is 11.7. The van der Waals surface area contributed by atoms with Gasteiger partial charge in [0.15, 0.2) is 0 Å². The lowest BCUT2D eigenvalue weighted by Gasteiger charge is -2.15. The Kier molecular flexibility index (Phi) is 7.39. The van der Waals surface area contributed by atoms with Gasteiger partial charge in [-0.1, -0.05) is 12.1 Å². The maximum absolute atomic E-state index is 11.9. The van der Waals surface area contributed by atoms with Gasteiger partial charge in [-0.05, 0) is 55.0 Å². The molecule has 0 aromatic heterocycles. The summed E-state index contributed by atoms with van der Waals surface area (Å²) in [6, 6.07) is 13.7. The predicted octanol–water partition coefficient (Wildman–Crippen LogP) is 2.41. The van der Waals surface area contributed by atoms with Crippen molar-refractivity contribution < 1.29 is 24.3 Å². The van der Waals surface area contributed by atoms with Crippen LogP contribution in [0.2, 0.25) is 0 Å². The van der Waals surface area contributed by atoms with Gasteiger partial charge in [0.2, 0.25) is 5.91 Å². The Morgan fingerprint density at radius 2 is 1.70 bits per heavy atom. The Bertz CT molecular complexity index is 785. The maximum atomic E-state index is 11.9. The third-order valence-corrected chi connectivity index (χ3v) is 3.66. The highest BCUT2D eigenvalue weighted by Gasteiger charge is 2.07. The molecule has 142 valence electrons. The lowest BCUT2D eigenvalue weighted by atomic mass is 10.2. The topological polar surface area (TPSA) is 96.9 Å². The summed E-state index contributed by atoms with van der Waals surface area (Å²) in [5.41, 5.74) is 2.77. The number of hydrogen-bond donors (Lipinski definition) is 3. The predicted molar refractivity (Wildman–Crippen MR) is 101 cm³/mol. The maximum Gasteiger partial charge on any atom is 0.274 e. The van der Waals surface area contributed by atoms with Crippen molar-refractivity contribution >= 4 is 17.9 Å². The zero-order valence-electron chi connectivity index (χ0n) is 15.1. The molecule has 2 aromatic carbocycles. The van der Waals surface area contributed by atoms with E-state index in [4.69, 9.17) is 14.7 Å². The van der Waals surface area contributed by atoms with Crippen LogP contribution in [0.15, 0.2) is 54.6 Å². The van der Waals surface area contributed by atoms with Crippen LogP contribution in [0.5, 0.6) is 11.5 Å². The van der Waals surface area contributed by atoms with Gasteiger partial charge in [0.05, 0.1) is 13.7 Å². The standard InChI is InChI=1S/C20H22N2O5/c1-14(27-18-10-6-16(7-11-18)20(24)22-25)13-21-19(23)12-5-15-3-8-17(26-2)9-4-15/h3-12,14,25H,13H2,1-2H3,(H,21,23)(H,22,24)/t14-/m1/s1. The molecule has 0 aliphatic rings. The number of benzene rings is 2. The van der Waals surface area contributed by atoms with Crippen molar-refractivity contribution in [2.45, 2.75) is 13.0 Å². The first-order chi connectivity index (χ1) is 13.0. The molecule has 1 atom stereocenters. The van der Waals surface area contributed by atoms with Crippen molar-refractivity contribution in [3.63, 3.8) is 0 Å². The van der Waals surface area contributed by atoms with Crippen molar-refractivity contribution in [2.75, 3.05) is 13.7 Å². The van der Waals surface area contributed by atoms with Gasteiger partial charge in [-0.15, -0.1) is 0 Å². The third-order valence-electron chi connectivity index (χ3n) is 3.66. The Morgan fingerprint density at radius 1 is 1.07 bits per heavy atom. The van der Waals surface area contributed by atoms with E-state index in [-0.39, 0.29) is 12.0 Å². The fourth-order valence-electron chi connectivity index (χ4n) is 2.21. The molecule has 0 fully saturated rings. The number of hydrogen-bond acceptors (Lipinski definition) is 5. The van der Waals surface area contributed by atoms with Crippen LogP contribution in [0, 0.1) is 0 Å². The molecule has 2 aromatic rings.